The summed E-state index contributed by atoms with van der Waals surface area (Å²) in [6, 6.07) is 7.22. The summed E-state index contributed by atoms with van der Waals surface area (Å²) in [5.74, 6) is 0.241. The zero-order valence-corrected chi connectivity index (χ0v) is 13.3. The minimum atomic E-state index is -3.92. The molecule has 0 saturated carbocycles. The first-order valence-corrected chi connectivity index (χ1v) is 8.87. The van der Waals surface area contributed by atoms with E-state index >= 15 is 0 Å². The number of halogens is 1. The first-order chi connectivity index (χ1) is 9.78. The van der Waals surface area contributed by atoms with Crippen molar-refractivity contribution >= 4 is 38.4 Å². The zero-order valence-electron chi connectivity index (χ0n) is 10.9. The molecule has 0 aliphatic rings. The Morgan fingerprint density at radius 3 is 2.62 bits per heavy atom. The summed E-state index contributed by atoms with van der Waals surface area (Å²) >= 11 is 3.73. The maximum atomic E-state index is 12.2. The Bertz CT molecular complexity index is 785. The van der Waals surface area contributed by atoms with E-state index in [1.807, 2.05) is 0 Å². The lowest BCUT2D eigenvalue weighted by Crippen LogP contribution is -2.14. The predicted octanol–water partition coefficient (Wildman–Crippen LogP) is 2.76. The third kappa shape index (κ3) is 4.07. The molecule has 114 valence electrons. The van der Waals surface area contributed by atoms with Crippen molar-refractivity contribution in [3.8, 4) is 0 Å². The van der Waals surface area contributed by atoms with E-state index in [9.17, 15) is 12.6 Å². The second-order valence-electron chi connectivity index (χ2n) is 4.24. The van der Waals surface area contributed by atoms with Gasteiger partial charge in [-0.05, 0) is 36.8 Å². The Morgan fingerprint density at radius 2 is 2.05 bits per heavy atom. The molecular formula is C12H12ClNO5S2. The summed E-state index contributed by atoms with van der Waals surface area (Å²) in [6.45, 7) is 1.62. The number of sulfonamides is 1. The van der Waals surface area contributed by atoms with Gasteiger partial charge < -0.3 is 8.97 Å². The van der Waals surface area contributed by atoms with Crippen molar-refractivity contribution in [2.24, 2.45) is 0 Å². The Kier molecular flexibility index (Phi) is 4.72. The number of hydrogen-bond donors (Lipinski definition) is 2. The van der Waals surface area contributed by atoms with E-state index in [1.54, 1.807) is 6.92 Å². The molecule has 0 amide bonds. The zero-order chi connectivity index (χ0) is 15.6. The van der Waals surface area contributed by atoms with Crippen molar-refractivity contribution in [2.45, 2.75) is 17.8 Å². The number of anilines is 1. The molecule has 0 bridgehead atoms. The summed E-state index contributed by atoms with van der Waals surface area (Å²) in [7, 11) is -3.92. The van der Waals surface area contributed by atoms with Gasteiger partial charge in [-0.3, -0.25) is 4.72 Å². The lowest BCUT2D eigenvalue weighted by Gasteiger charge is -2.11. The van der Waals surface area contributed by atoms with Crippen molar-refractivity contribution in [1.82, 2.24) is 0 Å². The SMILES string of the molecule is Cc1ccc(S(=O)(=O)Nc2cc(Cl)ccc2CS(=O)O)o1. The molecule has 9 heteroatoms. The molecular weight excluding hydrogens is 338 g/mol. The Balaban J connectivity index is 2.38. The minimum Gasteiger partial charge on any atom is -0.448 e. The van der Waals surface area contributed by atoms with E-state index < -0.39 is 21.1 Å². The van der Waals surface area contributed by atoms with Crippen LogP contribution in [0.25, 0.3) is 0 Å². The highest BCUT2D eigenvalue weighted by atomic mass is 35.5. The second-order valence-corrected chi connectivity index (χ2v) is 7.22. The van der Waals surface area contributed by atoms with E-state index in [1.165, 1.54) is 30.3 Å². The van der Waals surface area contributed by atoms with Crippen LogP contribution in [0.1, 0.15) is 11.3 Å². The van der Waals surface area contributed by atoms with Gasteiger partial charge in [-0.2, -0.15) is 8.42 Å². The number of rotatable bonds is 5. The van der Waals surface area contributed by atoms with Crippen LogP contribution < -0.4 is 4.72 Å². The van der Waals surface area contributed by atoms with Crippen LogP contribution in [0.2, 0.25) is 5.02 Å². The summed E-state index contributed by atoms with van der Waals surface area (Å²) in [5, 5.41) is 0.0619. The summed E-state index contributed by atoms with van der Waals surface area (Å²) in [4.78, 5) is 0. The van der Waals surface area contributed by atoms with Gasteiger partial charge in [0.1, 0.15) is 5.76 Å². The van der Waals surface area contributed by atoms with E-state index in [-0.39, 0.29) is 16.5 Å². The monoisotopic (exact) mass is 349 g/mol. The molecule has 1 unspecified atom stereocenters. The van der Waals surface area contributed by atoms with Crippen molar-refractivity contribution in [2.75, 3.05) is 4.72 Å². The van der Waals surface area contributed by atoms with Crippen LogP contribution in [0.4, 0.5) is 5.69 Å². The third-order valence-corrected chi connectivity index (χ3v) is 4.61. The fraction of sp³-hybridized carbons (Fsp3) is 0.167. The molecule has 0 spiro atoms. The highest BCUT2D eigenvalue weighted by molar-refractivity contribution is 7.92. The van der Waals surface area contributed by atoms with Crippen molar-refractivity contribution in [3.63, 3.8) is 0 Å². The highest BCUT2D eigenvalue weighted by Crippen LogP contribution is 2.25. The predicted molar refractivity (Wildman–Crippen MR) is 80.2 cm³/mol. The number of furan rings is 1. The van der Waals surface area contributed by atoms with Crippen LogP contribution in [-0.4, -0.2) is 17.2 Å². The van der Waals surface area contributed by atoms with Crippen molar-refractivity contribution in [3.05, 3.63) is 46.7 Å². The minimum absolute atomic E-state index is 0.138. The Morgan fingerprint density at radius 1 is 1.33 bits per heavy atom. The van der Waals surface area contributed by atoms with Gasteiger partial charge in [0.15, 0.2) is 11.1 Å². The maximum absolute atomic E-state index is 12.2. The third-order valence-electron chi connectivity index (χ3n) is 2.58. The molecule has 21 heavy (non-hydrogen) atoms. The molecule has 1 aromatic heterocycles. The fourth-order valence-corrected chi connectivity index (χ4v) is 3.41. The van der Waals surface area contributed by atoms with Crippen molar-refractivity contribution in [1.29, 1.82) is 0 Å². The molecule has 2 rings (SSSR count). The molecule has 0 saturated heterocycles. The Hall–Kier alpha value is -1.35. The number of aryl methyl sites for hydroxylation is 1. The van der Waals surface area contributed by atoms with Gasteiger partial charge in [-0.1, -0.05) is 17.7 Å². The average Bonchev–Trinajstić information content (AvgIpc) is 2.79. The number of benzene rings is 1. The number of hydrogen-bond acceptors (Lipinski definition) is 4. The summed E-state index contributed by atoms with van der Waals surface area (Å²) < 4.78 is 51.6. The Labute approximate surface area is 129 Å². The largest absolute Gasteiger partial charge is 0.448 e. The van der Waals surface area contributed by atoms with Crippen molar-refractivity contribution < 1.29 is 21.6 Å². The van der Waals surface area contributed by atoms with Gasteiger partial charge in [-0.15, -0.1) is 0 Å². The molecule has 0 aliphatic carbocycles. The molecule has 2 aromatic rings. The molecule has 6 nitrogen and oxygen atoms in total. The van der Waals surface area contributed by atoms with Crippen LogP contribution in [0.15, 0.2) is 39.8 Å². The molecule has 1 atom stereocenters. The van der Waals surface area contributed by atoms with E-state index in [0.29, 0.717) is 16.3 Å². The van der Waals surface area contributed by atoms with Gasteiger partial charge >= 0.3 is 0 Å². The first-order valence-electron chi connectivity index (χ1n) is 5.73. The molecule has 0 aliphatic heterocycles. The van der Waals surface area contributed by atoms with Crippen LogP contribution in [0.3, 0.4) is 0 Å². The highest BCUT2D eigenvalue weighted by Gasteiger charge is 2.20. The van der Waals surface area contributed by atoms with Crippen LogP contribution in [-0.2, 0) is 26.9 Å². The fourth-order valence-electron chi connectivity index (χ4n) is 1.65. The maximum Gasteiger partial charge on any atom is 0.295 e. The first kappa shape index (κ1) is 16.0. The molecule has 1 aromatic carbocycles. The smallest absolute Gasteiger partial charge is 0.295 e. The van der Waals surface area contributed by atoms with Crippen LogP contribution in [0.5, 0.6) is 0 Å². The standard InChI is InChI=1S/C12H12ClNO5S2/c1-8-2-5-12(19-8)21(17,18)14-11-6-10(13)4-3-9(11)7-20(15)16/h2-6,14H,7H2,1H3,(H,15,16). The molecule has 1 heterocycles. The summed E-state index contributed by atoms with van der Waals surface area (Å²) in [5.41, 5.74) is 0.492. The lowest BCUT2D eigenvalue weighted by atomic mass is 10.2. The van der Waals surface area contributed by atoms with Gasteiger partial charge in [0, 0.05) is 5.02 Å². The van der Waals surface area contributed by atoms with Crippen LogP contribution >= 0.6 is 11.6 Å². The summed E-state index contributed by atoms with van der Waals surface area (Å²) in [6.07, 6.45) is 0. The average molecular weight is 350 g/mol. The number of nitrogens with one attached hydrogen (secondary N) is 1. The normalized spacial score (nSPS) is 13.1. The lowest BCUT2D eigenvalue weighted by molar-refractivity contribution is 0.430. The molecule has 0 fully saturated rings. The van der Waals surface area contributed by atoms with Gasteiger partial charge in [-0.25, -0.2) is 4.21 Å². The van der Waals surface area contributed by atoms with Gasteiger partial charge in [0.2, 0.25) is 5.09 Å². The topological polar surface area (TPSA) is 96.6 Å². The quantitative estimate of drug-likeness (QED) is 0.809. The van der Waals surface area contributed by atoms with Gasteiger partial charge in [0.05, 0.1) is 11.4 Å². The van der Waals surface area contributed by atoms with Crippen LogP contribution in [0, 0.1) is 6.92 Å². The van der Waals surface area contributed by atoms with E-state index in [4.69, 9.17) is 20.6 Å². The van der Waals surface area contributed by atoms with Gasteiger partial charge in [0.25, 0.3) is 10.0 Å². The van der Waals surface area contributed by atoms with E-state index in [0.717, 1.165) is 0 Å². The molecule has 2 N–H and O–H groups in total. The van der Waals surface area contributed by atoms with E-state index in [2.05, 4.69) is 4.72 Å². The second kappa shape index (κ2) is 6.18. The molecule has 0 radical (unpaired) electrons.